The van der Waals surface area contributed by atoms with E-state index in [2.05, 4.69) is 13.2 Å². The van der Waals surface area contributed by atoms with E-state index in [1.807, 2.05) is 66.7 Å². The van der Waals surface area contributed by atoms with Crippen LogP contribution in [0.2, 0.25) is 0 Å². The summed E-state index contributed by atoms with van der Waals surface area (Å²) in [6, 6.07) is 19.4. The number of benzene rings is 2. The molecule has 26 heavy (non-hydrogen) atoms. The molecule has 0 amide bonds. The second-order valence-corrected chi connectivity index (χ2v) is 6.17. The molecule has 1 fully saturated rings. The predicted molar refractivity (Wildman–Crippen MR) is 102 cm³/mol. The van der Waals surface area contributed by atoms with Gasteiger partial charge in [0.15, 0.2) is 0 Å². The van der Waals surface area contributed by atoms with Crippen LogP contribution in [0.15, 0.2) is 97.1 Å². The van der Waals surface area contributed by atoms with Crippen molar-refractivity contribution in [2.75, 3.05) is 6.61 Å². The average molecular weight is 346 g/mol. The van der Waals surface area contributed by atoms with Crippen LogP contribution >= 0.6 is 0 Å². The van der Waals surface area contributed by atoms with Gasteiger partial charge in [-0.3, -0.25) is 4.79 Å². The lowest BCUT2D eigenvalue weighted by molar-refractivity contribution is -0.154. The van der Waals surface area contributed by atoms with Gasteiger partial charge in [0.25, 0.3) is 0 Å². The first kappa shape index (κ1) is 17.9. The topological polar surface area (TPSA) is 35.5 Å². The van der Waals surface area contributed by atoms with Gasteiger partial charge in [0.1, 0.15) is 18.6 Å². The monoisotopic (exact) mass is 346 g/mol. The minimum absolute atomic E-state index is 0.228. The predicted octanol–water partition coefficient (Wildman–Crippen LogP) is 4.79. The number of allylic oxidation sites excluding steroid dienone is 2. The lowest BCUT2D eigenvalue weighted by Crippen LogP contribution is -2.33. The van der Waals surface area contributed by atoms with Crippen LogP contribution in [0.25, 0.3) is 0 Å². The number of hydrogen-bond acceptors (Lipinski definition) is 3. The number of hydrogen-bond donors (Lipinski definition) is 0. The largest absolute Gasteiger partial charge is 0.460 e. The summed E-state index contributed by atoms with van der Waals surface area (Å²) in [5.74, 6) is -0.892. The SMILES string of the molecule is C=C/C=C1\C(=C)CO[C@H](c2ccccc2)C1C(=O)OCc1ccccc1. The second kappa shape index (κ2) is 8.45. The lowest BCUT2D eigenvalue weighted by atomic mass is 9.83. The Morgan fingerprint density at radius 3 is 2.42 bits per heavy atom. The molecule has 1 heterocycles. The van der Waals surface area contributed by atoms with Crippen LogP contribution in [-0.4, -0.2) is 12.6 Å². The van der Waals surface area contributed by atoms with Gasteiger partial charge in [0, 0.05) is 0 Å². The van der Waals surface area contributed by atoms with Gasteiger partial charge in [-0.25, -0.2) is 0 Å². The van der Waals surface area contributed by atoms with E-state index in [9.17, 15) is 4.79 Å². The van der Waals surface area contributed by atoms with Crippen molar-refractivity contribution in [2.24, 2.45) is 5.92 Å². The molecule has 0 spiro atoms. The summed E-state index contributed by atoms with van der Waals surface area (Å²) in [4.78, 5) is 13.0. The Labute approximate surface area is 154 Å². The summed E-state index contributed by atoms with van der Waals surface area (Å²) in [6.45, 7) is 8.41. The van der Waals surface area contributed by atoms with Gasteiger partial charge < -0.3 is 9.47 Å². The third-order valence-corrected chi connectivity index (χ3v) is 4.39. The molecule has 1 aliphatic heterocycles. The van der Waals surface area contributed by atoms with E-state index >= 15 is 0 Å². The molecule has 2 aromatic rings. The molecule has 3 nitrogen and oxygen atoms in total. The highest BCUT2D eigenvalue weighted by atomic mass is 16.5. The van der Waals surface area contributed by atoms with Crippen molar-refractivity contribution in [3.63, 3.8) is 0 Å². The molecule has 1 unspecified atom stereocenters. The highest BCUT2D eigenvalue weighted by Gasteiger charge is 2.39. The Kier molecular flexibility index (Phi) is 5.82. The molecule has 0 bridgehead atoms. The fourth-order valence-corrected chi connectivity index (χ4v) is 3.10. The van der Waals surface area contributed by atoms with Gasteiger partial charge in [-0.05, 0) is 22.3 Å². The van der Waals surface area contributed by atoms with Crippen LogP contribution in [0.3, 0.4) is 0 Å². The van der Waals surface area contributed by atoms with E-state index in [4.69, 9.17) is 9.47 Å². The van der Waals surface area contributed by atoms with Gasteiger partial charge in [-0.2, -0.15) is 0 Å². The third-order valence-electron chi connectivity index (χ3n) is 4.39. The van der Waals surface area contributed by atoms with Crippen molar-refractivity contribution >= 4 is 5.97 Å². The van der Waals surface area contributed by atoms with Gasteiger partial charge in [0.2, 0.25) is 0 Å². The fourth-order valence-electron chi connectivity index (χ4n) is 3.10. The van der Waals surface area contributed by atoms with Crippen LogP contribution in [0, 0.1) is 5.92 Å². The molecular weight excluding hydrogens is 324 g/mol. The van der Waals surface area contributed by atoms with Crippen molar-refractivity contribution in [1.29, 1.82) is 0 Å². The van der Waals surface area contributed by atoms with E-state index < -0.39 is 12.0 Å². The lowest BCUT2D eigenvalue weighted by Gasteiger charge is -2.34. The molecule has 0 N–H and O–H groups in total. The van der Waals surface area contributed by atoms with Crippen LogP contribution in [0.1, 0.15) is 17.2 Å². The molecule has 0 radical (unpaired) electrons. The Morgan fingerprint density at radius 2 is 1.77 bits per heavy atom. The van der Waals surface area contributed by atoms with Crippen molar-refractivity contribution in [3.05, 3.63) is 108 Å². The van der Waals surface area contributed by atoms with Gasteiger partial charge in [-0.1, -0.05) is 86.0 Å². The van der Waals surface area contributed by atoms with E-state index in [-0.39, 0.29) is 12.6 Å². The third kappa shape index (κ3) is 4.01. The van der Waals surface area contributed by atoms with Gasteiger partial charge in [-0.15, -0.1) is 0 Å². The Hall–Kier alpha value is -2.91. The first-order chi connectivity index (χ1) is 12.7. The molecule has 3 rings (SSSR count). The normalized spacial score (nSPS) is 21.4. The molecule has 0 aliphatic carbocycles. The minimum atomic E-state index is -0.569. The Morgan fingerprint density at radius 1 is 1.12 bits per heavy atom. The molecule has 0 saturated carbocycles. The number of rotatable bonds is 5. The van der Waals surface area contributed by atoms with Crippen LogP contribution in [-0.2, 0) is 20.9 Å². The van der Waals surface area contributed by atoms with E-state index in [1.54, 1.807) is 6.08 Å². The molecule has 2 atom stereocenters. The summed E-state index contributed by atoms with van der Waals surface area (Å²) in [6.07, 6.45) is 3.09. The summed E-state index contributed by atoms with van der Waals surface area (Å²) >= 11 is 0. The maximum absolute atomic E-state index is 13.0. The van der Waals surface area contributed by atoms with E-state index in [1.165, 1.54) is 0 Å². The zero-order valence-electron chi connectivity index (χ0n) is 14.6. The van der Waals surface area contributed by atoms with Crippen LogP contribution in [0.4, 0.5) is 0 Å². The summed E-state index contributed by atoms with van der Waals surface area (Å²) < 4.78 is 11.6. The quantitative estimate of drug-likeness (QED) is 0.731. The Balaban J connectivity index is 1.87. The van der Waals surface area contributed by atoms with Crippen molar-refractivity contribution in [3.8, 4) is 0 Å². The zero-order chi connectivity index (χ0) is 18.4. The highest BCUT2D eigenvalue weighted by molar-refractivity contribution is 5.79. The first-order valence-corrected chi connectivity index (χ1v) is 8.58. The van der Waals surface area contributed by atoms with Crippen molar-refractivity contribution < 1.29 is 14.3 Å². The summed E-state index contributed by atoms with van der Waals surface area (Å²) in [5, 5.41) is 0. The average Bonchev–Trinajstić information content (AvgIpc) is 2.69. The van der Waals surface area contributed by atoms with Crippen molar-refractivity contribution in [1.82, 2.24) is 0 Å². The molecule has 3 heteroatoms. The number of ether oxygens (including phenoxy) is 2. The Bertz CT molecular complexity index is 806. The first-order valence-electron chi connectivity index (χ1n) is 8.58. The van der Waals surface area contributed by atoms with Crippen LogP contribution < -0.4 is 0 Å². The van der Waals surface area contributed by atoms with E-state index in [0.717, 1.165) is 22.3 Å². The summed E-state index contributed by atoms with van der Waals surface area (Å²) in [5.41, 5.74) is 3.48. The number of carbonyl (C=O) groups excluding carboxylic acids is 1. The number of esters is 1. The standard InChI is InChI=1S/C23H22O3/c1-3-10-20-17(2)15-25-22(19-13-8-5-9-14-19)21(20)23(24)26-16-18-11-6-4-7-12-18/h3-14,21-22H,1-2,15-16H2/b20-10+/t21?,22-/m1/s1. The van der Waals surface area contributed by atoms with Crippen molar-refractivity contribution in [2.45, 2.75) is 12.7 Å². The molecule has 1 aliphatic rings. The van der Waals surface area contributed by atoms with Gasteiger partial charge in [0.05, 0.1) is 6.61 Å². The molecule has 132 valence electrons. The molecular formula is C23H22O3. The van der Waals surface area contributed by atoms with Gasteiger partial charge >= 0.3 is 5.97 Å². The smallest absolute Gasteiger partial charge is 0.316 e. The minimum Gasteiger partial charge on any atom is -0.460 e. The maximum Gasteiger partial charge on any atom is 0.316 e. The van der Waals surface area contributed by atoms with E-state index in [0.29, 0.717) is 6.61 Å². The van der Waals surface area contributed by atoms with Crippen LogP contribution in [0.5, 0.6) is 0 Å². The molecule has 1 saturated heterocycles. The second-order valence-electron chi connectivity index (χ2n) is 6.17. The number of carbonyl (C=O) groups is 1. The fraction of sp³-hybridized carbons (Fsp3) is 0.174. The zero-order valence-corrected chi connectivity index (χ0v) is 14.6. The summed E-state index contributed by atoms with van der Waals surface area (Å²) in [7, 11) is 0. The highest BCUT2D eigenvalue weighted by Crippen LogP contribution is 2.40. The molecule has 2 aromatic carbocycles. The maximum atomic E-state index is 13.0. The molecule has 0 aromatic heterocycles.